The number of nitrogens with zero attached hydrogens (tertiary/aromatic N) is 1. The first-order chi connectivity index (χ1) is 30.8. The van der Waals surface area contributed by atoms with Crippen molar-refractivity contribution in [2.24, 2.45) is 0 Å². The number of fused-ring (bicyclic) bond motifs is 7. The summed E-state index contributed by atoms with van der Waals surface area (Å²) in [4.78, 5) is 2.56. The molecule has 12 rings (SSSR count). The van der Waals surface area contributed by atoms with E-state index in [0.717, 1.165) is 11.4 Å². The van der Waals surface area contributed by atoms with Crippen LogP contribution >= 0.6 is 11.3 Å². The molecular formula is C60H39NS. The molecule has 1 aromatic heterocycles. The third kappa shape index (κ3) is 6.07. The highest BCUT2D eigenvalue weighted by molar-refractivity contribution is 7.26. The van der Waals surface area contributed by atoms with Crippen molar-refractivity contribution in [2.75, 3.05) is 4.90 Å². The zero-order chi connectivity index (χ0) is 41.0. The van der Waals surface area contributed by atoms with Crippen LogP contribution in [0.1, 0.15) is 0 Å². The van der Waals surface area contributed by atoms with Crippen molar-refractivity contribution in [3.8, 4) is 44.5 Å². The van der Waals surface area contributed by atoms with Gasteiger partial charge >= 0.3 is 0 Å². The lowest BCUT2D eigenvalue weighted by Gasteiger charge is -2.31. The van der Waals surface area contributed by atoms with Gasteiger partial charge in [-0.05, 0) is 114 Å². The Morgan fingerprint density at radius 3 is 1.47 bits per heavy atom. The second-order valence-electron chi connectivity index (χ2n) is 16.0. The summed E-state index contributed by atoms with van der Waals surface area (Å²) in [5.41, 5.74) is 13.0. The zero-order valence-electron chi connectivity index (χ0n) is 33.9. The lowest BCUT2D eigenvalue weighted by molar-refractivity contribution is 1.32. The third-order valence-electron chi connectivity index (χ3n) is 12.4. The number of anilines is 3. The Morgan fingerprint density at radius 1 is 0.306 bits per heavy atom. The maximum atomic E-state index is 2.56. The van der Waals surface area contributed by atoms with Crippen LogP contribution in [0.4, 0.5) is 17.1 Å². The normalized spacial score (nSPS) is 11.5. The van der Waals surface area contributed by atoms with Gasteiger partial charge < -0.3 is 4.90 Å². The highest BCUT2D eigenvalue weighted by atomic mass is 32.1. The second kappa shape index (κ2) is 15.0. The summed E-state index contributed by atoms with van der Waals surface area (Å²) < 4.78 is 2.56. The topological polar surface area (TPSA) is 3.24 Å². The lowest BCUT2D eigenvalue weighted by Crippen LogP contribution is -2.13. The fourth-order valence-electron chi connectivity index (χ4n) is 9.59. The van der Waals surface area contributed by atoms with Crippen molar-refractivity contribution < 1.29 is 0 Å². The van der Waals surface area contributed by atoms with Crippen LogP contribution in [0.3, 0.4) is 0 Å². The van der Waals surface area contributed by atoms with E-state index in [4.69, 9.17) is 0 Å². The molecule has 0 amide bonds. The number of thiophene rings is 1. The number of hydrogen-bond donors (Lipinski definition) is 0. The smallest absolute Gasteiger partial charge is 0.0625 e. The number of benzene rings is 11. The highest BCUT2D eigenvalue weighted by Gasteiger charge is 2.26. The van der Waals surface area contributed by atoms with Gasteiger partial charge in [-0.25, -0.2) is 0 Å². The molecule has 12 aromatic rings. The first kappa shape index (κ1) is 36.1. The van der Waals surface area contributed by atoms with Crippen molar-refractivity contribution in [1.82, 2.24) is 0 Å². The third-order valence-corrected chi connectivity index (χ3v) is 13.6. The van der Waals surface area contributed by atoms with Gasteiger partial charge in [0.15, 0.2) is 0 Å². The van der Waals surface area contributed by atoms with Crippen LogP contribution in [-0.4, -0.2) is 0 Å². The molecule has 0 N–H and O–H groups in total. The molecule has 0 aliphatic heterocycles. The van der Waals surface area contributed by atoms with Gasteiger partial charge in [-0.15, -0.1) is 11.3 Å². The summed E-state index contributed by atoms with van der Waals surface area (Å²) in [7, 11) is 0. The van der Waals surface area contributed by atoms with Crippen LogP contribution in [-0.2, 0) is 0 Å². The van der Waals surface area contributed by atoms with E-state index >= 15 is 0 Å². The van der Waals surface area contributed by atoms with Gasteiger partial charge in [-0.1, -0.05) is 188 Å². The first-order valence-corrected chi connectivity index (χ1v) is 22.1. The van der Waals surface area contributed by atoms with E-state index in [1.807, 2.05) is 11.3 Å². The summed E-state index contributed by atoms with van der Waals surface area (Å²) in [6, 6.07) is 86.9. The molecular weight excluding hydrogens is 767 g/mol. The van der Waals surface area contributed by atoms with Crippen LogP contribution < -0.4 is 4.90 Å². The van der Waals surface area contributed by atoms with Crippen molar-refractivity contribution in [1.29, 1.82) is 0 Å². The average molecular weight is 806 g/mol. The van der Waals surface area contributed by atoms with Gasteiger partial charge in [0, 0.05) is 36.8 Å². The Bertz CT molecular complexity index is 3560. The van der Waals surface area contributed by atoms with Crippen molar-refractivity contribution in [3.05, 3.63) is 237 Å². The minimum Gasteiger partial charge on any atom is -0.309 e. The molecule has 1 nitrogen and oxygen atoms in total. The van der Waals surface area contributed by atoms with Crippen molar-refractivity contribution in [2.45, 2.75) is 0 Å². The molecule has 11 aromatic carbocycles. The zero-order valence-corrected chi connectivity index (χ0v) is 34.7. The molecule has 1 heterocycles. The lowest BCUT2D eigenvalue weighted by atomic mass is 9.87. The monoisotopic (exact) mass is 805 g/mol. The molecule has 0 spiro atoms. The number of hydrogen-bond acceptors (Lipinski definition) is 2. The van der Waals surface area contributed by atoms with E-state index in [2.05, 4.69) is 241 Å². The molecule has 0 aliphatic carbocycles. The van der Waals surface area contributed by atoms with Crippen LogP contribution in [0.25, 0.3) is 97.0 Å². The van der Waals surface area contributed by atoms with Crippen LogP contribution in [0.15, 0.2) is 237 Å². The molecule has 0 aliphatic rings. The van der Waals surface area contributed by atoms with E-state index in [-0.39, 0.29) is 0 Å². The summed E-state index contributed by atoms with van der Waals surface area (Å²) in [5, 5.41) is 9.91. The Labute approximate surface area is 365 Å². The van der Waals surface area contributed by atoms with Gasteiger partial charge in [-0.3, -0.25) is 0 Å². The SMILES string of the molecule is c1ccc(-c2cc(-c3ccccc3)cc(-c3ccc(N(c4c(-c5cccc6ccccc56)c5ccccc5c5ccccc45)c4cccc5sc6ccccc6c45)cc3)c2)cc1. The van der Waals surface area contributed by atoms with Gasteiger partial charge in [0.2, 0.25) is 0 Å². The van der Waals surface area contributed by atoms with E-state index < -0.39 is 0 Å². The summed E-state index contributed by atoms with van der Waals surface area (Å²) in [5.74, 6) is 0. The summed E-state index contributed by atoms with van der Waals surface area (Å²) in [6.07, 6.45) is 0. The van der Waals surface area contributed by atoms with Crippen LogP contribution in [0.2, 0.25) is 0 Å². The molecule has 0 atom stereocenters. The Morgan fingerprint density at radius 2 is 0.790 bits per heavy atom. The largest absolute Gasteiger partial charge is 0.309 e. The Balaban J connectivity index is 1.16. The maximum Gasteiger partial charge on any atom is 0.0625 e. The first-order valence-electron chi connectivity index (χ1n) is 21.3. The summed E-state index contributed by atoms with van der Waals surface area (Å²) >= 11 is 1.86. The average Bonchev–Trinajstić information content (AvgIpc) is 3.74. The molecule has 0 saturated carbocycles. The molecule has 0 bridgehead atoms. The van der Waals surface area contributed by atoms with Crippen molar-refractivity contribution in [3.63, 3.8) is 0 Å². The van der Waals surface area contributed by atoms with Crippen LogP contribution in [0.5, 0.6) is 0 Å². The minimum atomic E-state index is 1.10. The van der Waals surface area contributed by atoms with E-state index in [1.165, 1.54) is 103 Å². The van der Waals surface area contributed by atoms with Crippen LogP contribution in [0, 0.1) is 0 Å². The standard InChI is InChI=1S/C60H39NS/c1-3-17-40(18-4-1)44-37-45(41-19-5-2-6-20-41)39-46(38-44)42-33-35-47(36-34-42)61(55-30-16-32-57-59(55)54-28-13-14-31-56(54)62-57)60-53-27-12-10-25-50(53)49-24-9-11-26-52(49)58(60)51-29-15-22-43-21-7-8-23-48(43)51/h1-39H. The molecule has 2 heteroatoms. The highest BCUT2D eigenvalue weighted by Crippen LogP contribution is 2.53. The van der Waals surface area contributed by atoms with Gasteiger partial charge in [0.1, 0.15) is 0 Å². The van der Waals surface area contributed by atoms with Gasteiger partial charge in [-0.2, -0.15) is 0 Å². The number of rotatable bonds is 7. The molecule has 62 heavy (non-hydrogen) atoms. The quantitative estimate of drug-likeness (QED) is 0.145. The fraction of sp³-hybridized carbons (Fsp3) is 0. The minimum absolute atomic E-state index is 1.10. The fourth-order valence-corrected chi connectivity index (χ4v) is 10.7. The second-order valence-corrected chi connectivity index (χ2v) is 17.1. The van der Waals surface area contributed by atoms with E-state index in [0.29, 0.717) is 0 Å². The van der Waals surface area contributed by atoms with Gasteiger partial charge in [0.25, 0.3) is 0 Å². The molecule has 0 radical (unpaired) electrons. The van der Waals surface area contributed by atoms with Crippen molar-refractivity contribution >= 4 is 80.9 Å². The molecule has 290 valence electrons. The Kier molecular flexibility index (Phi) is 8.76. The maximum absolute atomic E-state index is 2.56. The molecule has 0 fully saturated rings. The van der Waals surface area contributed by atoms with Gasteiger partial charge in [0.05, 0.1) is 11.4 Å². The summed E-state index contributed by atoms with van der Waals surface area (Å²) in [6.45, 7) is 0. The predicted octanol–water partition coefficient (Wildman–Crippen LogP) is 17.7. The molecule has 0 unspecified atom stereocenters. The predicted molar refractivity (Wildman–Crippen MR) is 268 cm³/mol. The van der Waals surface area contributed by atoms with E-state index in [1.54, 1.807) is 0 Å². The molecule has 0 saturated heterocycles. The van der Waals surface area contributed by atoms with E-state index in [9.17, 15) is 0 Å². The Hall–Kier alpha value is -7.78.